The van der Waals surface area contributed by atoms with Crippen LogP contribution in [-0.2, 0) is 6.54 Å². The first-order valence-electron chi connectivity index (χ1n) is 3.48. The lowest BCUT2D eigenvalue weighted by Gasteiger charge is -1.92. The van der Waals surface area contributed by atoms with E-state index in [0.717, 1.165) is 0 Å². The Kier molecular flexibility index (Phi) is 2.42. The molecule has 66 valence electrons. The minimum atomic E-state index is -1.08. The third kappa shape index (κ3) is 1.61. The molecule has 0 fully saturated rings. The summed E-state index contributed by atoms with van der Waals surface area (Å²) in [6.07, 6.45) is 1.52. The summed E-state index contributed by atoms with van der Waals surface area (Å²) in [7, 11) is 0. The third-order valence-electron chi connectivity index (χ3n) is 1.46. The Bertz CT molecular complexity index is 296. The van der Waals surface area contributed by atoms with Crippen molar-refractivity contribution in [1.82, 2.24) is 9.78 Å². The summed E-state index contributed by atoms with van der Waals surface area (Å²) in [4.78, 5) is 10.5. The minimum absolute atomic E-state index is 0.0107. The molecule has 0 saturated carbocycles. The number of hydrogen-bond acceptors (Lipinski definition) is 2. The van der Waals surface area contributed by atoms with E-state index in [0.29, 0.717) is 5.56 Å². The van der Waals surface area contributed by atoms with Crippen molar-refractivity contribution < 1.29 is 14.3 Å². The van der Waals surface area contributed by atoms with Crippen LogP contribution in [0.4, 0.5) is 4.39 Å². The summed E-state index contributed by atoms with van der Waals surface area (Å²) in [5.74, 6) is -1.08. The Morgan fingerprint density at radius 1 is 1.83 bits per heavy atom. The van der Waals surface area contributed by atoms with E-state index < -0.39 is 12.6 Å². The number of aromatic nitrogens is 2. The molecule has 1 N–H and O–H groups in total. The number of carboxylic acid groups (broad SMARTS) is 1. The predicted molar refractivity (Wildman–Crippen MR) is 39.9 cm³/mol. The molecule has 0 atom stereocenters. The fraction of sp³-hybridized carbons (Fsp3) is 0.429. The van der Waals surface area contributed by atoms with Crippen molar-refractivity contribution in [3.8, 4) is 0 Å². The molecule has 0 aromatic carbocycles. The number of aromatic carboxylic acids is 1. The quantitative estimate of drug-likeness (QED) is 0.735. The number of rotatable bonds is 3. The monoisotopic (exact) mass is 172 g/mol. The minimum Gasteiger partial charge on any atom is -0.476 e. The zero-order valence-electron chi connectivity index (χ0n) is 6.62. The van der Waals surface area contributed by atoms with Crippen LogP contribution in [0, 0.1) is 6.92 Å². The summed E-state index contributed by atoms with van der Waals surface area (Å²) < 4.78 is 13.1. The molecule has 1 heterocycles. The van der Waals surface area contributed by atoms with Gasteiger partial charge < -0.3 is 5.11 Å². The second-order valence-corrected chi connectivity index (χ2v) is 2.42. The highest BCUT2D eigenvalue weighted by atomic mass is 19.1. The van der Waals surface area contributed by atoms with Gasteiger partial charge >= 0.3 is 5.97 Å². The molecule has 1 rings (SSSR count). The van der Waals surface area contributed by atoms with Crippen LogP contribution in [0.15, 0.2) is 6.20 Å². The first kappa shape index (κ1) is 8.70. The average Bonchev–Trinajstić information content (AvgIpc) is 2.32. The molecule has 1 aromatic heterocycles. The van der Waals surface area contributed by atoms with Gasteiger partial charge in [0.05, 0.1) is 6.54 Å². The van der Waals surface area contributed by atoms with Gasteiger partial charge in [-0.3, -0.25) is 4.68 Å². The maximum Gasteiger partial charge on any atom is 0.356 e. The van der Waals surface area contributed by atoms with Gasteiger partial charge in [0.25, 0.3) is 0 Å². The van der Waals surface area contributed by atoms with E-state index in [1.165, 1.54) is 10.9 Å². The van der Waals surface area contributed by atoms with Gasteiger partial charge in [0.2, 0.25) is 0 Å². The Labute approximate surface area is 68.6 Å². The van der Waals surface area contributed by atoms with E-state index in [4.69, 9.17) is 5.11 Å². The Morgan fingerprint density at radius 3 is 2.92 bits per heavy atom. The zero-order chi connectivity index (χ0) is 9.14. The topological polar surface area (TPSA) is 55.1 Å². The third-order valence-corrected chi connectivity index (χ3v) is 1.46. The van der Waals surface area contributed by atoms with Gasteiger partial charge in [-0.2, -0.15) is 5.10 Å². The standard InChI is InChI=1S/C7H9FN2O2/c1-5-4-10(3-2-8)9-6(5)7(11)12/h4H,2-3H2,1H3,(H,11,12). The molecule has 0 bridgehead atoms. The first-order valence-corrected chi connectivity index (χ1v) is 3.48. The van der Waals surface area contributed by atoms with Crippen LogP contribution in [0.25, 0.3) is 0 Å². The second kappa shape index (κ2) is 3.34. The van der Waals surface area contributed by atoms with Crippen molar-refractivity contribution in [3.05, 3.63) is 17.5 Å². The molecule has 0 spiro atoms. The Balaban J connectivity index is 2.92. The van der Waals surface area contributed by atoms with Gasteiger partial charge in [-0.1, -0.05) is 0 Å². The normalized spacial score (nSPS) is 10.2. The highest BCUT2D eigenvalue weighted by Crippen LogP contribution is 2.04. The van der Waals surface area contributed by atoms with Gasteiger partial charge in [-0.05, 0) is 6.92 Å². The molecule has 12 heavy (non-hydrogen) atoms. The van der Waals surface area contributed by atoms with Crippen LogP contribution in [0.5, 0.6) is 0 Å². The van der Waals surface area contributed by atoms with E-state index in [-0.39, 0.29) is 12.2 Å². The molecular formula is C7H9FN2O2. The van der Waals surface area contributed by atoms with Crippen LogP contribution in [0.1, 0.15) is 16.1 Å². The summed E-state index contributed by atoms with van der Waals surface area (Å²) in [5, 5.41) is 12.3. The van der Waals surface area contributed by atoms with Crippen molar-refractivity contribution in [1.29, 1.82) is 0 Å². The largest absolute Gasteiger partial charge is 0.476 e. The lowest BCUT2D eigenvalue weighted by molar-refractivity contribution is 0.0688. The number of carbonyl (C=O) groups is 1. The molecule has 1 aromatic rings. The summed E-state index contributed by atoms with van der Waals surface area (Å²) >= 11 is 0. The summed E-state index contributed by atoms with van der Waals surface area (Å²) in [5.41, 5.74) is 0.541. The molecule has 0 aliphatic carbocycles. The van der Waals surface area contributed by atoms with Gasteiger partial charge in [0, 0.05) is 11.8 Å². The maximum atomic E-state index is 11.8. The molecule has 4 nitrogen and oxygen atoms in total. The number of hydrogen-bond donors (Lipinski definition) is 1. The summed E-state index contributed by atoms with van der Waals surface area (Å²) in [6.45, 7) is 1.19. The van der Waals surface area contributed by atoms with Gasteiger partial charge in [0.15, 0.2) is 5.69 Å². The first-order chi connectivity index (χ1) is 5.65. The predicted octanol–water partition coefficient (Wildman–Crippen LogP) is 0.859. The Hall–Kier alpha value is -1.39. The molecule has 0 aliphatic rings. The van der Waals surface area contributed by atoms with E-state index >= 15 is 0 Å². The molecule has 0 saturated heterocycles. The fourth-order valence-corrected chi connectivity index (χ4v) is 0.933. The number of aryl methyl sites for hydroxylation is 2. The number of alkyl halides is 1. The molecule has 0 unspecified atom stereocenters. The van der Waals surface area contributed by atoms with Crippen LogP contribution in [0.3, 0.4) is 0 Å². The smallest absolute Gasteiger partial charge is 0.356 e. The molecule has 0 aliphatic heterocycles. The highest BCUT2D eigenvalue weighted by Gasteiger charge is 2.11. The van der Waals surface area contributed by atoms with E-state index in [9.17, 15) is 9.18 Å². The average molecular weight is 172 g/mol. The van der Waals surface area contributed by atoms with Crippen LogP contribution >= 0.6 is 0 Å². The summed E-state index contributed by atoms with van der Waals surface area (Å²) in [6, 6.07) is 0. The number of nitrogens with zero attached hydrogens (tertiary/aromatic N) is 2. The second-order valence-electron chi connectivity index (χ2n) is 2.42. The van der Waals surface area contributed by atoms with Crippen molar-refractivity contribution in [2.75, 3.05) is 6.67 Å². The van der Waals surface area contributed by atoms with E-state index in [1.807, 2.05) is 0 Å². The van der Waals surface area contributed by atoms with Gasteiger partial charge in [0.1, 0.15) is 6.67 Å². The molecular weight excluding hydrogens is 163 g/mol. The van der Waals surface area contributed by atoms with Crippen LogP contribution in [-0.4, -0.2) is 27.5 Å². The molecule has 5 heteroatoms. The van der Waals surface area contributed by atoms with Crippen molar-refractivity contribution in [2.45, 2.75) is 13.5 Å². The van der Waals surface area contributed by atoms with Gasteiger partial charge in [-0.25, -0.2) is 9.18 Å². The number of halogens is 1. The van der Waals surface area contributed by atoms with Crippen molar-refractivity contribution in [3.63, 3.8) is 0 Å². The molecule has 0 amide bonds. The zero-order valence-corrected chi connectivity index (χ0v) is 6.62. The Morgan fingerprint density at radius 2 is 2.50 bits per heavy atom. The SMILES string of the molecule is Cc1cn(CCF)nc1C(=O)O. The highest BCUT2D eigenvalue weighted by molar-refractivity contribution is 5.86. The fourth-order valence-electron chi connectivity index (χ4n) is 0.933. The lowest BCUT2D eigenvalue weighted by atomic mass is 10.3. The van der Waals surface area contributed by atoms with Gasteiger partial charge in [-0.15, -0.1) is 0 Å². The number of carboxylic acids is 1. The van der Waals surface area contributed by atoms with Crippen molar-refractivity contribution >= 4 is 5.97 Å². The van der Waals surface area contributed by atoms with Crippen molar-refractivity contribution in [2.24, 2.45) is 0 Å². The van der Waals surface area contributed by atoms with Crippen LogP contribution in [0.2, 0.25) is 0 Å². The molecule has 0 radical (unpaired) electrons. The van der Waals surface area contributed by atoms with Crippen LogP contribution < -0.4 is 0 Å². The lowest BCUT2D eigenvalue weighted by Crippen LogP contribution is -2.04. The van der Waals surface area contributed by atoms with E-state index in [1.54, 1.807) is 6.92 Å². The van der Waals surface area contributed by atoms with E-state index in [2.05, 4.69) is 5.10 Å². The maximum absolute atomic E-state index is 11.8.